The zero-order valence-electron chi connectivity index (χ0n) is 12.8. The van der Waals surface area contributed by atoms with Gasteiger partial charge in [-0.2, -0.15) is 0 Å². The molecular weight excluding hydrogens is 250 g/mol. The van der Waals surface area contributed by atoms with Crippen LogP contribution in [0.1, 0.15) is 50.5 Å². The molecule has 2 fully saturated rings. The molecule has 1 N–H and O–H groups in total. The van der Waals surface area contributed by atoms with Crippen LogP contribution >= 0.6 is 0 Å². The van der Waals surface area contributed by atoms with Crippen LogP contribution in [0.3, 0.4) is 0 Å². The average Bonchev–Trinajstić information content (AvgIpc) is 2.88. The molecule has 4 nitrogen and oxygen atoms in total. The van der Waals surface area contributed by atoms with Gasteiger partial charge in [0, 0.05) is 37.8 Å². The lowest BCUT2D eigenvalue weighted by Crippen LogP contribution is -2.57. The van der Waals surface area contributed by atoms with Crippen molar-refractivity contribution in [1.29, 1.82) is 0 Å². The fourth-order valence-electron chi connectivity index (χ4n) is 3.72. The van der Waals surface area contributed by atoms with Crippen molar-refractivity contribution in [2.24, 2.45) is 5.92 Å². The zero-order chi connectivity index (χ0) is 13.9. The molecule has 1 aliphatic heterocycles. The molecule has 112 valence electrons. The molecule has 0 bridgehead atoms. The Labute approximate surface area is 121 Å². The van der Waals surface area contributed by atoms with Crippen molar-refractivity contribution in [2.75, 3.05) is 13.1 Å². The number of hydrogen-bond acceptors (Lipinski definition) is 4. The van der Waals surface area contributed by atoms with E-state index in [0.29, 0.717) is 12.1 Å². The van der Waals surface area contributed by atoms with Crippen molar-refractivity contribution in [3.05, 3.63) is 17.5 Å². The SMILES string of the molecule is Cc1cc(CN2CC(C3CCCCC3)NCC2C)no1. The topological polar surface area (TPSA) is 41.3 Å². The number of hydrogen-bond donors (Lipinski definition) is 1. The third-order valence-corrected chi connectivity index (χ3v) is 4.99. The summed E-state index contributed by atoms with van der Waals surface area (Å²) in [6.45, 7) is 7.43. The van der Waals surface area contributed by atoms with E-state index < -0.39 is 0 Å². The molecule has 4 heteroatoms. The maximum absolute atomic E-state index is 5.19. The van der Waals surface area contributed by atoms with Gasteiger partial charge in [-0.3, -0.25) is 4.90 Å². The summed E-state index contributed by atoms with van der Waals surface area (Å²) in [6, 6.07) is 3.30. The minimum Gasteiger partial charge on any atom is -0.361 e. The van der Waals surface area contributed by atoms with Crippen LogP contribution in [0.15, 0.2) is 10.6 Å². The molecule has 2 heterocycles. The van der Waals surface area contributed by atoms with Gasteiger partial charge in [-0.1, -0.05) is 24.4 Å². The van der Waals surface area contributed by atoms with E-state index in [1.165, 1.54) is 32.1 Å². The first-order valence-corrected chi connectivity index (χ1v) is 8.12. The van der Waals surface area contributed by atoms with Crippen LogP contribution < -0.4 is 5.32 Å². The predicted molar refractivity (Wildman–Crippen MR) is 79.5 cm³/mol. The Morgan fingerprint density at radius 3 is 2.85 bits per heavy atom. The van der Waals surface area contributed by atoms with Gasteiger partial charge in [-0.15, -0.1) is 0 Å². The fraction of sp³-hybridized carbons (Fsp3) is 0.812. The highest BCUT2D eigenvalue weighted by Crippen LogP contribution is 2.28. The molecule has 2 aliphatic rings. The van der Waals surface area contributed by atoms with Crippen molar-refractivity contribution in [3.63, 3.8) is 0 Å². The molecule has 2 unspecified atom stereocenters. The third kappa shape index (κ3) is 3.23. The minimum absolute atomic E-state index is 0.576. The molecule has 0 aromatic carbocycles. The zero-order valence-corrected chi connectivity index (χ0v) is 12.8. The lowest BCUT2D eigenvalue weighted by Gasteiger charge is -2.42. The lowest BCUT2D eigenvalue weighted by molar-refractivity contribution is 0.0960. The molecular formula is C16H27N3O. The molecule has 20 heavy (non-hydrogen) atoms. The Morgan fingerprint density at radius 1 is 1.35 bits per heavy atom. The Bertz CT molecular complexity index is 425. The third-order valence-electron chi connectivity index (χ3n) is 4.99. The molecule has 0 amide bonds. The molecule has 0 spiro atoms. The van der Waals surface area contributed by atoms with Crippen molar-refractivity contribution in [3.8, 4) is 0 Å². The van der Waals surface area contributed by atoms with E-state index in [2.05, 4.69) is 28.4 Å². The highest BCUT2D eigenvalue weighted by Gasteiger charge is 2.31. The van der Waals surface area contributed by atoms with Gasteiger partial charge in [0.05, 0.1) is 5.69 Å². The van der Waals surface area contributed by atoms with Gasteiger partial charge in [-0.25, -0.2) is 0 Å². The quantitative estimate of drug-likeness (QED) is 0.922. The Balaban J connectivity index is 1.60. The number of nitrogens with one attached hydrogen (secondary N) is 1. The second-order valence-electron chi connectivity index (χ2n) is 6.62. The fourth-order valence-corrected chi connectivity index (χ4v) is 3.72. The highest BCUT2D eigenvalue weighted by atomic mass is 16.5. The summed E-state index contributed by atoms with van der Waals surface area (Å²) < 4.78 is 5.19. The van der Waals surface area contributed by atoms with Gasteiger partial charge in [0.1, 0.15) is 5.76 Å². The van der Waals surface area contributed by atoms with Crippen molar-refractivity contribution in [2.45, 2.75) is 64.6 Å². The van der Waals surface area contributed by atoms with Gasteiger partial charge in [-0.05, 0) is 32.6 Å². The lowest BCUT2D eigenvalue weighted by atomic mass is 9.82. The molecule has 1 aromatic rings. The van der Waals surface area contributed by atoms with Crippen LogP contribution in [0.5, 0.6) is 0 Å². The Hall–Kier alpha value is -0.870. The largest absolute Gasteiger partial charge is 0.361 e. The monoisotopic (exact) mass is 277 g/mol. The number of piperazine rings is 1. The maximum atomic E-state index is 5.19. The second-order valence-corrected chi connectivity index (χ2v) is 6.62. The van der Waals surface area contributed by atoms with Gasteiger partial charge in [0.15, 0.2) is 0 Å². The first-order valence-electron chi connectivity index (χ1n) is 8.12. The molecule has 3 rings (SSSR count). The van der Waals surface area contributed by atoms with Gasteiger partial charge in [0.25, 0.3) is 0 Å². The van der Waals surface area contributed by atoms with Crippen molar-refractivity contribution in [1.82, 2.24) is 15.4 Å². The van der Waals surface area contributed by atoms with Crippen molar-refractivity contribution < 1.29 is 4.52 Å². The maximum Gasteiger partial charge on any atom is 0.133 e. The Morgan fingerprint density at radius 2 is 2.15 bits per heavy atom. The average molecular weight is 277 g/mol. The standard InChI is InChI=1S/C16H27N3O/c1-12-9-17-16(14-6-4-3-5-7-14)11-19(12)10-15-8-13(2)20-18-15/h8,12,14,16-17H,3-7,9-11H2,1-2H3. The van der Waals surface area contributed by atoms with E-state index in [9.17, 15) is 0 Å². The normalized spacial score (nSPS) is 29.7. The predicted octanol–water partition coefficient (Wildman–Crippen LogP) is 2.73. The van der Waals surface area contributed by atoms with Crippen molar-refractivity contribution >= 4 is 0 Å². The van der Waals surface area contributed by atoms with E-state index in [0.717, 1.165) is 37.0 Å². The first kappa shape index (κ1) is 14.1. The summed E-state index contributed by atoms with van der Waals surface area (Å²) in [4.78, 5) is 2.56. The summed E-state index contributed by atoms with van der Waals surface area (Å²) in [6.07, 6.45) is 7.08. The van der Waals surface area contributed by atoms with E-state index >= 15 is 0 Å². The van der Waals surface area contributed by atoms with Gasteiger partial charge in [0.2, 0.25) is 0 Å². The summed E-state index contributed by atoms with van der Waals surface area (Å²) in [5, 5.41) is 7.92. The summed E-state index contributed by atoms with van der Waals surface area (Å²) in [5.41, 5.74) is 1.07. The number of aryl methyl sites for hydroxylation is 1. The number of rotatable bonds is 3. The van der Waals surface area contributed by atoms with Crippen LogP contribution in [0.4, 0.5) is 0 Å². The Kier molecular flexibility index (Phi) is 4.41. The van der Waals surface area contributed by atoms with Crippen LogP contribution in [-0.4, -0.2) is 35.2 Å². The van der Waals surface area contributed by atoms with E-state index in [4.69, 9.17) is 4.52 Å². The van der Waals surface area contributed by atoms with Crippen LogP contribution in [-0.2, 0) is 6.54 Å². The summed E-state index contributed by atoms with van der Waals surface area (Å²) in [7, 11) is 0. The van der Waals surface area contributed by atoms with Gasteiger partial charge < -0.3 is 9.84 Å². The number of aromatic nitrogens is 1. The molecule has 1 aromatic heterocycles. The van der Waals surface area contributed by atoms with Crippen LogP contribution in [0.2, 0.25) is 0 Å². The number of nitrogens with zero attached hydrogens (tertiary/aromatic N) is 2. The van der Waals surface area contributed by atoms with E-state index in [-0.39, 0.29) is 0 Å². The molecule has 1 saturated heterocycles. The minimum atomic E-state index is 0.576. The molecule has 2 atom stereocenters. The van der Waals surface area contributed by atoms with Gasteiger partial charge >= 0.3 is 0 Å². The summed E-state index contributed by atoms with van der Waals surface area (Å²) in [5.74, 6) is 1.78. The smallest absolute Gasteiger partial charge is 0.133 e. The van der Waals surface area contributed by atoms with E-state index in [1.54, 1.807) is 0 Å². The highest BCUT2D eigenvalue weighted by molar-refractivity contribution is 5.04. The molecule has 1 aliphatic carbocycles. The second kappa shape index (κ2) is 6.27. The van der Waals surface area contributed by atoms with Crippen LogP contribution in [0.25, 0.3) is 0 Å². The molecule has 0 radical (unpaired) electrons. The summed E-state index contributed by atoms with van der Waals surface area (Å²) >= 11 is 0. The molecule has 1 saturated carbocycles. The van der Waals surface area contributed by atoms with Crippen LogP contribution in [0, 0.1) is 12.8 Å². The first-order chi connectivity index (χ1) is 9.72. The van der Waals surface area contributed by atoms with E-state index in [1.807, 2.05) is 6.92 Å².